The van der Waals surface area contributed by atoms with Crippen LogP contribution in [-0.4, -0.2) is 47.7 Å². The highest BCUT2D eigenvalue weighted by Gasteiger charge is 2.35. The molecule has 1 aliphatic heterocycles. The molecule has 0 radical (unpaired) electrons. The van der Waals surface area contributed by atoms with Crippen LogP contribution in [0.15, 0.2) is 11.8 Å². The SMILES string of the molecule is CN(C)C=C1C(=O)CCN(C(C)(C)C)C1=O. The van der Waals surface area contributed by atoms with Crippen LogP contribution in [0.5, 0.6) is 0 Å². The summed E-state index contributed by atoms with van der Waals surface area (Å²) in [5, 5.41) is 0. The van der Waals surface area contributed by atoms with Crippen LogP contribution in [0.25, 0.3) is 0 Å². The Morgan fingerprint density at radius 1 is 1.25 bits per heavy atom. The van der Waals surface area contributed by atoms with E-state index in [1.165, 1.54) is 0 Å². The molecule has 0 aliphatic carbocycles. The van der Waals surface area contributed by atoms with E-state index in [0.29, 0.717) is 18.5 Å². The van der Waals surface area contributed by atoms with E-state index in [4.69, 9.17) is 0 Å². The molecule has 0 aromatic carbocycles. The van der Waals surface area contributed by atoms with Gasteiger partial charge in [-0.05, 0) is 20.8 Å². The maximum absolute atomic E-state index is 12.1. The van der Waals surface area contributed by atoms with Crippen molar-refractivity contribution in [3.05, 3.63) is 11.8 Å². The molecule has 0 saturated carbocycles. The van der Waals surface area contributed by atoms with E-state index in [2.05, 4.69) is 0 Å². The number of hydrogen-bond acceptors (Lipinski definition) is 3. The second-order valence-electron chi connectivity index (χ2n) is 5.31. The Morgan fingerprint density at radius 2 is 1.81 bits per heavy atom. The third-order valence-electron chi connectivity index (χ3n) is 2.54. The number of carbonyl (C=O) groups is 2. The maximum atomic E-state index is 12.1. The Balaban J connectivity index is 3.01. The molecule has 1 aliphatic rings. The van der Waals surface area contributed by atoms with E-state index in [1.54, 1.807) is 16.0 Å². The summed E-state index contributed by atoms with van der Waals surface area (Å²) < 4.78 is 0. The molecule has 1 saturated heterocycles. The van der Waals surface area contributed by atoms with Gasteiger partial charge in [-0.2, -0.15) is 0 Å². The summed E-state index contributed by atoms with van der Waals surface area (Å²) >= 11 is 0. The van der Waals surface area contributed by atoms with Gasteiger partial charge in [0, 0.05) is 38.8 Å². The second kappa shape index (κ2) is 4.28. The first-order valence-electron chi connectivity index (χ1n) is 5.47. The highest BCUT2D eigenvalue weighted by Crippen LogP contribution is 2.22. The number of nitrogens with zero attached hydrogens (tertiary/aromatic N) is 2. The predicted molar refractivity (Wildman–Crippen MR) is 62.9 cm³/mol. The fourth-order valence-corrected chi connectivity index (χ4v) is 1.74. The molecule has 0 spiro atoms. The van der Waals surface area contributed by atoms with Gasteiger partial charge in [0.15, 0.2) is 5.78 Å². The van der Waals surface area contributed by atoms with Crippen molar-refractivity contribution in [2.24, 2.45) is 0 Å². The largest absolute Gasteiger partial charge is 0.383 e. The van der Waals surface area contributed by atoms with Crippen molar-refractivity contribution in [3.63, 3.8) is 0 Å². The Bertz CT molecular complexity index is 337. The molecule has 4 nitrogen and oxygen atoms in total. The third-order valence-corrected chi connectivity index (χ3v) is 2.54. The Hall–Kier alpha value is -1.32. The highest BCUT2D eigenvalue weighted by molar-refractivity contribution is 6.20. The lowest BCUT2D eigenvalue weighted by molar-refractivity contribution is -0.137. The molecule has 1 heterocycles. The van der Waals surface area contributed by atoms with E-state index in [1.807, 2.05) is 34.9 Å². The maximum Gasteiger partial charge on any atom is 0.259 e. The van der Waals surface area contributed by atoms with Crippen molar-refractivity contribution in [1.82, 2.24) is 9.80 Å². The molecule has 90 valence electrons. The number of Topliss-reactive ketones (excluding diaryl/α,β-unsaturated/α-hetero) is 1. The lowest BCUT2D eigenvalue weighted by Gasteiger charge is -2.38. The van der Waals surface area contributed by atoms with Gasteiger partial charge in [-0.15, -0.1) is 0 Å². The summed E-state index contributed by atoms with van der Waals surface area (Å²) in [7, 11) is 3.62. The number of piperidine rings is 1. The van der Waals surface area contributed by atoms with E-state index in [-0.39, 0.29) is 17.2 Å². The van der Waals surface area contributed by atoms with E-state index >= 15 is 0 Å². The van der Waals surface area contributed by atoms with E-state index in [9.17, 15) is 9.59 Å². The van der Waals surface area contributed by atoms with Gasteiger partial charge in [-0.25, -0.2) is 0 Å². The zero-order valence-corrected chi connectivity index (χ0v) is 10.7. The van der Waals surface area contributed by atoms with Gasteiger partial charge in [-0.1, -0.05) is 0 Å². The number of carbonyl (C=O) groups excluding carboxylic acids is 2. The first-order chi connectivity index (χ1) is 7.23. The summed E-state index contributed by atoms with van der Waals surface area (Å²) in [6.07, 6.45) is 2.03. The minimum absolute atomic E-state index is 0.0563. The average Bonchev–Trinajstić information content (AvgIpc) is 2.09. The van der Waals surface area contributed by atoms with Crippen LogP contribution < -0.4 is 0 Å². The molecule has 0 unspecified atom stereocenters. The minimum atomic E-state index is -0.233. The lowest BCUT2D eigenvalue weighted by atomic mass is 9.96. The van der Waals surface area contributed by atoms with Crippen molar-refractivity contribution in [1.29, 1.82) is 0 Å². The normalized spacial score (nSPS) is 20.6. The van der Waals surface area contributed by atoms with Crippen molar-refractivity contribution in [2.75, 3.05) is 20.6 Å². The molecule has 0 N–H and O–H groups in total. The fourth-order valence-electron chi connectivity index (χ4n) is 1.74. The van der Waals surface area contributed by atoms with E-state index in [0.717, 1.165) is 0 Å². The number of likely N-dealkylation sites (tertiary alicyclic amines) is 1. The zero-order valence-electron chi connectivity index (χ0n) is 10.7. The molecule has 1 rings (SSSR count). The predicted octanol–water partition coefficient (Wildman–Crippen LogP) is 1.03. The average molecular weight is 224 g/mol. The highest BCUT2D eigenvalue weighted by atomic mass is 16.2. The van der Waals surface area contributed by atoms with Gasteiger partial charge in [0.1, 0.15) is 0 Å². The molecular weight excluding hydrogens is 204 g/mol. The summed E-state index contributed by atoms with van der Waals surface area (Å²) in [5.74, 6) is -0.211. The van der Waals surface area contributed by atoms with Crippen molar-refractivity contribution in [2.45, 2.75) is 32.7 Å². The topological polar surface area (TPSA) is 40.6 Å². The second-order valence-corrected chi connectivity index (χ2v) is 5.31. The molecule has 0 bridgehead atoms. The van der Waals surface area contributed by atoms with Gasteiger partial charge in [-0.3, -0.25) is 9.59 Å². The summed E-state index contributed by atoms with van der Waals surface area (Å²) in [6, 6.07) is 0. The summed E-state index contributed by atoms with van der Waals surface area (Å²) in [5.41, 5.74) is 0.0644. The third kappa shape index (κ3) is 2.62. The van der Waals surface area contributed by atoms with Gasteiger partial charge in [0.2, 0.25) is 0 Å². The molecule has 0 atom stereocenters. The van der Waals surface area contributed by atoms with Crippen LogP contribution in [0.2, 0.25) is 0 Å². The van der Waals surface area contributed by atoms with E-state index < -0.39 is 0 Å². The molecule has 0 aromatic rings. The first-order valence-corrected chi connectivity index (χ1v) is 5.47. The Labute approximate surface area is 96.9 Å². The van der Waals surface area contributed by atoms with Crippen LogP contribution in [0.4, 0.5) is 0 Å². The van der Waals surface area contributed by atoms with Crippen LogP contribution in [0.1, 0.15) is 27.2 Å². The monoisotopic (exact) mass is 224 g/mol. The number of amides is 1. The van der Waals surface area contributed by atoms with Crippen LogP contribution in [0, 0.1) is 0 Å². The first kappa shape index (κ1) is 12.7. The Kier molecular flexibility index (Phi) is 3.41. The molecule has 16 heavy (non-hydrogen) atoms. The van der Waals surface area contributed by atoms with Crippen molar-refractivity contribution < 1.29 is 9.59 Å². The van der Waals surface area contributed by atoms with Crippen molar-refractivity contribution in [3.8, 4) is 0 Å². The Morgan fingerprint density at radius 3 is 2.25 bits per heavy atom. The number of hydrogen-bond donors (Lipinski definition) is 0. The van der Waals surface area contributed by atoms with Crippen LogP contribution >= 0.6 is 0 Å². The molecular formula is C12H20N2O2. The van der Waals surface area contributed by atoms with Crippen LogP contribution in [0.3, 0.4) is 0 Å². The summed E-state index contributed by atoms with van der Waals surface area (Å²) in [6.45, 7) is 6.46. The molecule has 0 aromatic heterocycles. The zero-order chi connectivity index (χ0) is 12.5. The smallest absolute Gasteiger partial charge is 0.259 e. The van der Waals surface area contributed by atoms with Crippen molar-refractivity contribution >= 4 is 11.7 Å². The lowest BCUT2D eigenvalue weighted by Crippen LogP contribution is -2.51. The van der Waals surface area contributed by atoms with Gasteiger partial charge in [0.25, 0.3) is 5.91 Å². The van der Waals surface area contributed by atoms with Gasteiger partial charge < -0.3 is 9.80 Å². The van der Waals surface area contributed by atoms with Crippen LogP contribution in [-0.2, 0) is 9.59 Å². The van der Waals surface area contributed by atoms with Gasteiger partial charge in [0.05, 0.1) is 5.57 Å². The molecule has 1 fully saturated rings. The quantitative estimate of drug-likeness (QED) is 0.493. The summed E-state index contributed by atoms with van der Waals surface area (Å²) in [4.78, 5) is 27.3. The molecule has 4 heteroatoms. The number of rotatable bonds is 1. The minimum Gasteiger partial charge on any atom is -0.383 e. The molecule has 1 amide bonds. The fraction of sp³-hybridized carbons (Fsp3) is 0.667. The number of ketones is 1. The van der Waals surface area contributed by atoms with Gasteiger partial charge >= 0.3 is 0 Å². The standard InChI is InChI=1S/C12H20N2O2/c1-12(2,3)14-7-6-10(15)9(11(14)16)8-13(4)5/h8H,6-7H2,1-5H3.